The lowest BCUT2D eigenvalue weighted by molar-refractivity contribution is 0.111. The van der Waals surface area contributed by atoms with Crippen LogP contribution in [0.5, 0.6) is 0 Å². The molecule has 0 N–H and O–H groups in total. The maximum atomic E-state index is 11.1. The van der Waals surface area contributed by atoms with Gasteiger partial charge in [-0.25, -0.2) is 0 Å². The second-order valence-corrected chi connectivity index (χ2v) is 5.28. The zero-order valence-electron chi connectivity index (χ0n) is 11.2. The summed E-state index contributed by atoms with van der Waals surface area (Å²) in [5.74, 6) is 0. The van der Waals surface area contributed by atoms with Gasteiger partial charge >= 0.3 is 0 Å². The van der Waals surface area contributed by atoms with Crippen LogP contribution >= 0.6 is 0 Å². The molecule has 0 fully saturated rings. The van der Waals surface area contributed by atoms with Gasteiger partial charge in [-0.3, -0.25) is 9.48 Å². The number of hydrogen-bond acceptors (Lipinski definition) is 2. The first kappa shape index (κ1) is 12.2. The summed E-state index contributed by atoms with van der Waals surface area (Å²) in [6, 6.07) is 8.50. The van der Waals surface area contributed by atoms with Crippen molar-refractivity contribution in [3.05, 3.63) is 52.3 Å². The quantitative estimate of drug-likeness (QED) is 0.789. The molecular weight excluding hydrogens is 236 g/mol. The molecule has 0 saturated carbocycles. The van der Waals surface area contributed by atoms with Gasteiger partial charge in [-0.05, 0) is 38.2 Å². The molecule has 3 heteroatoms. The Morgan fingerprint density at radius 1 is 1.21 bits per heavy atom. The standard InChI is InChI=1S/C16H18N2O/c1-12-6-8-13(9-7-12)10-18-16-5-3-2-4-14(16)15(11-19)17-18/h6-9,11H,2-5,10H2,1H3. The van der Waals surface area contributed by atoms with Crippen LogP contribution in [0.3, 0.4) is 0 Å². The lowest BCUT2D eigenvalue weighted by Gasteiger charge is -2.14. The summed E-state index contributed by atoms with van der Waals surface area (Å²) in [5, 5.41) is 4.48. The van der Waals surface area contributed by atoms with Crippen LogP contribution in [-0.4, -0.2) is 16.1 Å². The first-order valence-corrected chi connectivity index (χ1v) is 6.87. The van der Waals surface area contributed by atoms with Gasteiger partial charge in [0.05, 0.1) is 6.54 Å². The molecule has 2 aromatic rings. The number of carbonyl (C=O) groups excluding carboxylic acids is 1. The van der Waals surface area contributed by atoms with Crippen molar-refractivity contribution in [1.29, 1.82) is 0 Å². The molecule has 0 amide bonds. The molecule has 0 atom stereocenters. The number of aryl methyl sites for hydroxylation is 1. The maximum Gasteiger partial charge on any atom is 0.170 e. The van der Waals surface area contributed by atoms with E-state index in [4.69, 9.17) is 0 Å². The van der Waals surface area contributed by atoms with E-state index in [1.807, 2.05) is 4.68 Å². The van der Waals surface area contributed by atoms with Crippen LogP contribution < -0.4 is 0 Å². The molecule has 0 spiro atoms. The molecule has 1 aromatic heterocycles. The van der Waals surface area contributed by atoms with Gasteiger partial charge in [0.1, 0.15) is 5.69 Å². The predicted molar refractivity (Wildman–Crippen MR) is 74.5 cm³/mol. The van der Waals surface area contributed by atoms with E-state index in [9.17, 15) is 4.79 Å². The normalized spacial score (nSPS) is 14.2. The van der Waals surface area contributed by atoms with E-state index in [0.29, 0.717) is 5.69 Å². The lowest BCUT2D eigenvalue weighted by atomic mass is 9.96. The number of benzene rings is 1. The summed E-state index contributed by atoms with van der Waals surface area (Å²) >= 11 is 0. The summed E-state index contributed by atoms with van der Waals surface area (Å²) < 4.78 is 2.02. The summed E-state index contributed by atoms with van der Waals surface area (Å²) in [7, 11) is 0. The smallest absolute Gasteiger partial charge is 0.170 e. The third kappa shape index (κ3) is 2.33. The van der Waals surface area contributed by atoms with Crippen LogP contribution in [0.15, 0.2) is 24.3 Å². The van der Waals surface area contributed by atoms with E-state index in [1.54, 1.807) is 0 Å². The number of hydrogen-bond donors (Lipinski definition) is 0. The molecule has 3 nitrogen and oxygen atoms in total. The summed E-state index contributed by atoms with van der Waals surface area (Å²) in [5.41, 5.74) is 5.57. The first-order chi connectivity index (χ1) is 9.28. The molecule has 0 saturated heterocycles. The van der Waals surface area contributed by atoms with Crippen molar-refractivity contribution in [2.75, 3.05) is 0 Å². The molecule has 0 radical (unpaired) electrons. The Bertz CT molecular complexity index is 596. The topological polar surface area (TPSA) is 34.9 Å². The molecule has 19 heavy (non-hydrogen) atoms. The fourth-order valence-corrected chi connectivity index (χ4v) is 2.79. The highest BCUT2D eigenvalue weighted by Crippen LogP contribution is 2.24. The van der Waals surface area contributed by atoms with E-state index in [1.165, 1.54) is 35.2 Å². The monoisotopic (exact) mass is 254 g/mol. The Hall–Kier alpha value is -1.90. The van der Waals surface area contributed by atoms with Crippen LogP contribution in [0.4, 0.5) is 0 Å². The number of aromatic nitrogens is 2. The van der Waals surface area contributed by atoms with Gasteiger partial charge < -0.3 is 0 Å². The first-order valence-electron chi connectivity index (χ1n) is 6.87. The van der Waals surface area contributed by atoms with Gasteiger partial charge in [-0.1, -0.05) is 29.8 Å². The molecule has 98 valence electrons. The summed E-state index contributed by atoms with van der Waals surface area (Å²) in [6.45, 7) is 2.85. The Morgan fingerprint density at radius 3 is 2.68 bits per heavy atom. The minimum absolute atomic E-state index is 0.641. The van der Waals surface area contributed by atoms with Crippen molar-refractivity contribution in [2.24, 2.45) is 0 Å². The Labute approximate surface area is 113 Å². The molecular formula is C16H18N2O. The van der Waals surface area contributed by atoms with Crippen LogP contribution in [0.25, 0.3) is 0 Å². The van der Waals surface area contributed by atoms with Crippen molar-refractivity contribution >= 4 is 6.29 Å². The second-order valence-electron chi connectivity index (χ2n) is 5.28. The number of carbonyl (C=O) groups is 1. The SMILES string of the molecule is Cc1ccc(Cn2nc(C=O)c3c2CCCC3)cc1. The Morgan fingerprint density at radius 2 is 1.95 bits per heavy atom. The number of fused-ring (bicyclic) bond motifs is 1. The molecule has 1 aromatic carbocycles. The molecule has 1 aliphatic rings. The van der Waals surface area contributed by atoms with E-state index in [0.717, 1.165) is 25.7 Å². The minimum Gasteiger partial charge on any atom is -0.296 e. The van der Waals surface area contributed by atoms with Crippen LogP contribution in [0.1, 0.15) is 45.7 Å². The van der Waals surface area contributed by atoms with Crippen LogP contribution in [-0.2, 0) is 19.4 Å². The summed E-state index contributed by atoms with van der Waals surface area (Å²) in [4.78, 5) is 11.1. The number of nitrogens with zero attached hydrogens (tertiary/aromatic N) is 2. The highest BCUT2D eigenvalue weighted by Gasteiger charge is 2.20. The van der Waals surface area contributed by atoms with Crippen LogP contribution in [0, 0.1) is 6.92 Å². The van der Waals surface area contributed by atoms with Crippen molar-refractivity contribution in [3.8, 4) is 0 Å². The number of aldehydes is 1. The largest absolute Gasteiger partial charge is 0.296 e. The number of rotatable bonds is 3. The Balaban J connectivity index is 1.94. The highest BCUT2D eigenvalue weighted by atomic mass is 16.1. The van der Waals surface area contributed by atoms with E-state index >= 15 is 0 Å². The van der Waals surface area contributed by atoms with Crippen molar-refractivity contribution in [2.45, 2.75) is 39.2 Å². The molecule has 1 aliphatic carbocycles. The van der Waals surface area contributed by atoms with E-state index in [2.05, 4.69) is 36.3 Å². The fraction of sp³-hybridized carbons (Fsp3) is 0.375. The predicted octanol–water partition coefficient (Wildman–Crippen LogP) is 2.93. The summed E-state index contributed by atoms with van der Waals surface area (Å²) in [6.07, 6.45) is 5.31. The lowest BCUT2D eigenvalue weighted by Crippen LogP contribution is -2.10. The fourth-order valence-electron chi connectivity index (χ4n) is 2.79. The van der Waals surface area contributed by atoms with Gasteiger partial charge in [0.25, 0.3) is 0 Å². The zero-order valence-corrected chi connectivity index (χ0v) is 11.2. The van der Waals surface area contributed by atoms with E-state index < -0.39 is 0 Å². The maximum absolute atomic E-state index is 11.1. The van der Waals surface area contributed by atoms with Gasteiger partial charge in [-0.15, -0.1) is 0 Å². The third-order valence-electron chi connectivity index (χ3n) is 3.85. The Kier molecular flexibility index (Phi) is 3.20. The average molecular weight is 254 g/mol. The highest BCUT2D eigenvalue weighted by molar-refractivity contribution is 5.75. The van der Waals surface area contributed by atoms with Crippen molar-refractivity contribution < 1.29 is 4.79 Å². The van der Waals surface area contributed by atoms with Gasteiger partial charge in [0.2, 0.25) is 0 Å². The second kappa shape index (κ2) is 5.00. The van der Waals surface area contributed by atoms with Gasteiger partial charge in [-0.2, -0.15) is 5.10 Å². The molecule has 3 rings (SSSR count). The van der Waals surface area contributed by atoms with Gasteiger partial charge in [0.15, 0.2) is 6.29 Å². The minimum atomic E-state index is 0.641. The van der Waals surface area contributed by atoms with Crippen LogP contribution in [0.2, 0.25) is 0 Å². The van der Waals surface area contributed by atoms with E-state index in [-0.39, 0.29) is 0 Å². The molecule has 0 unspecified atom stereocenters. The molecule has 1 heterocycles. The average Bonchev–Trinajstić information content (AvgIpc) is 2.80. The third-order valence-corrected chi connectivity index (χ3v) is 3.85. The van der Waals surface area contributed by atoms with Crippen molar-refractivity contribution in [3.63, 3.8) is 0 Å². The zero-order chi connectivity index (χ0) is 13.2. The molecule has 0 bridgehead atoms. The van der Waals surface area contributed by atoms with Gasteiger partial charge in [0, 0.05) is 11.3 Å². The molecule has 0 aliphatic heterocycles. The van der Waals surface area contributed by atoms with Crippen molar-refractivity contribution in [1.82, 2.24) is 9.78 Å².